The Kier molecular flexibility index (Phi) is 15.9. The van der Waals surface area contributed by atoms with Gasteiger partial charge in [-0.3, -0.25) is 35.0 Å². The predicted octanol–water partition coefficient (Wildman–Crippen LogP) is 6.27. The highest BCUT2D eigenvalue weighted by Crippen LogP contribution is 2.39. The van der Waals surface area contributed by atoms with Crippen molar-refractivity contribution in [1.29, 1.82) is 10.8 Å². The van der Waals surface area contributed by atoms with E-state index in [0.29, 0.717) is 64.7 Å². The van der Waals surface area contributed by atoms with E-state index in [4.69, 9.17) is 33.9 Å². The Hall–Kier alpha value is -6.16. The van der Waals surface area contributed by atoms with E-state index in [9.17, 15) is 37.8 Å². The number of nitrogens with two attached hydrogens (primary N) is 2. The number of nitrogens with one attached hydrogen (secondary N) is 4. The van der Waals surface area contributed by atoms with Gasteiger partial charge in [0.1, 0.15) is 34.7 Å². The summed E-state index contributed by atoms with van der Waals surface area (Å²) in [5, 5.41) is 43.7. The summed E-state index contributed by atoms with van der Waals surface area (Å²) in [6, 6.07) is 13.9. The van der Waals surface area contributed by atoms with Crippen LogP contribution in [-0.4, -0.2) is 117 Å². The van der Waals surface area contributed by atoms with Gasteiger partial charge in [-0.25, -0.2) is 9.97 Å². The standard InChI is InChI=1S/C45H54ClF3N12O5S/c1-26(2)29-21-30(33(63)22-32(29)62)40(51)61(41(52)42(66)55-25-45(47,48)49)28-9-7-27(8-10-28)24-58-17-19-60(20-18-58)37(65)12-11-36(64)56-31-5-4-6-34(38(31)46)67-43-39(50)57-35(23-54-43)59-15-13-44(3,53)14-16-59/h4-10,21-23,26,51-52,62-63H,11-20,24-25,53H2,1-3H3,(H2,50,57)(H,55,66)(H,56,64). The molecule has 2 saturated heterocycles. The lowest BCUT2D eigenvalue weighted by atomic mass is 9.91. The topological polar surface area (TPSA) is 254 Å². The third-order valence-electron chi connectivity index (χ3n) is 11.5. The summed E-state index contributed by atoms with van der Waals surface area (Å²) in [6.07, 6.45) is -1.51. The third kappa shape index (κ3) is 13.1. The molecule has 2 aliphatic rings. The first-order valence-corrected chi connectivity index (χ1v) is 22.7. The molecule has 0 unspecified atom stereocenters. The van der Waals surface area contributed by atoms with Crippen molar-refractivity contribution in [2.45, 2.75) is 80.6 Å². The fourth-order valence-corrected chi connectivity index (χ4v) is 8.61. The lowest BCUT2D eigenvalue weighted by molar-refractivity contribution is -0.134. The first-order valence-electron chi connectivity index (χ1n) is 21.5. The number of halogens is 4. The van der Waals surface area contributed by atoms with Crippen molar-refractivity contribution in [2.24, 2.45) is 5.73 Å². The Morgan fingerprint density at radius 2 is 1.66 bits per heavy atom. The number of hydrogen-bond donors (Lipinski definition) is 8. The molecule has 3 aromatic carbocycles. The molecule has 1 aromatic heterocycles. The molecular formula is C45H54ClF3N12O5S. The van der Waals surface area contributed by atoms with Crippen LogP contribution in [0, 0.1) is 10.8 Å². The molecule has 3 heterocycles. The van der Waals surface area contributed by atoms with Crippen LogP contribution in [0.25, 0.3) is 0 Å². The van der Waals surface area contributed by atoms with E-state index in [0.717, 1.165) is 42.5 Å². The van der Waals surface area contributed by atoms with Gasteiger partial charge in [0, 0.05) is 80.8 Å². The molecule has 0 spiro atoms. The number of amides is 3. The minimum Gasteiger partial charge on any atom is -0.508 e. The van der Waals surface area contributed by atoms with Gasteiger partial charge < -0.3 is 42.1 Å². The molecule has 0 atom stereocenters. The van der Waals surface area contributed by atoms with Gasteiger partial charge in [-0.2, -0.15) is 13.2 Å². The fraction of sp³-hybridized carbons (Fsp3) is 0.400. The number of piperidine rings is 1. The van der Waals surface area contributed by atoms with Gasteiger partial charge in [0.25, 0.3) is 5.91 Å². The van der Waals surface area contributed by atoms with Crippen LogP contribution in [0.2, 0.25) is 5.02 Å². The number of aromatic nitrogens is 2. The Balaban J connectivity index is 1.01. The van der Waals surface area contributed by atoms with Crippen molar-refractivity contribution in [2.75, 3.05) is 66.7 Å². The number of piperazine rings is 1. The Morgan fingerprint density at radius 1 is 0.985 bits per heavy atom. The van der Waals surface area contributed by atoms with E-state index in [1.165, 1.54) is 30.0 Å². The zero-order chi connectivity index (χ0) is 48.8. The van der Waals surface area contributed by atoms with Gasteiger partial charge in [-0.05, 0) is 67.1 Å². The van der Waals surface area contributed by atoms with Gasteiger partial charge in [0.2, 0.25) is 11.8 Å². The van der Waals surface area contributed by atoms with Gasteiger partial charge in [0.15, 0.2) is 11.7 Å². The minimum atomic E-state index is -4.75. The van der Waals surface area contributed by atoms with Crippen LogP contribution in [0.15, 0.2) is 70.7 Å². The molecule has 3 amide bonds. The number of carbonyl (C=O) groups excluding carboxylic acids is 3. The third-order valence-corrected chi connectivity index (χ3v) is 13.0. The minimum absolute atomic E-state index is 0.0190. The van der Waals surface area contributed by atoms with Crippen molar-refractivity contribution < 1.29 is 37.8 Å². The highest BCUT2D eigenvalue weighted by atomic mass is 35.5. The number of alkyl halides is 3. The number of nitrogen functional groups attached to an aromatic ring is 1. The smallest absolute Gasteiger partial charge is 0.405 e. The van der Waals surface area contributed by atoms with Crippen LogP contribution < -0.4 is 31.9 Å². The Bertz CT molecular complexity index is 2490. The lowest BCUT2D eigenvalue weighted by Crippen LogP contribution is -2.48. The zero-order valence-corrected chi connectivity index (χ0v) is 38.8. The fourth-order valence-electron chi connectivity index (χ4n) is 7.51. The van der Waals surface area contributed by atoms with Crippen LogP contribution in [0.5, 0.6) is 11.5 Å². The summed E-state index contributed by atoms with van der Waals surface area (Å²) in [6.45, 7) is 7.67. The number of phenolic OH excluding ortho intramolecular Hbond substituents is 2. The number of aromatic hydroxyl groups is 2. The maximum Gasteiger partial charge on any atom is 0.405 e. The Labute approximate surface area is 395 Å². The quantitative estimate of drug-likeness (QED) is 0.0544. The zero-order valence-electron chi connectivity index (χ0n) is 37.2. The van der Waals surface area contributed by atoms with Gasteiger partial charge in [0.05, 0.1) is 22.5 Å². The number of anilines is 4. The summed E-state index contributed by atoms with van der Waals surface area (Å²) in [5.74, 6) is -3.64. The summed E-state index contributed by atoms with van der Waals surface area (Å²) in [7, 11) is 0. The number of phenols is 2. The maximum absolute atomic E-state index is 13.2. The van der Waals surface area contributed by atoms with Crippen LogP contribution in [-0.2, 0) is 20.9 Å². The normalized spacial score (nSPS) is 15.3. The average molecular weight is 968 g/mol. The second-order valence-electron chi connectivity index (χ2n) is 17.1. The molecule has 22 heteroatoms. The molecule has 0 aliphatic carbocycles. The number of hydrogen-bond acceptors (Lipinski definition) is 14. The van der Waals surface area contributed by atoms with E-state index in [1.54, 1.807) is 60.6 Å². The van der Waals surface area contributed by atoms with E-state index in [2.05, 4.69) is 25.1 Å². The molecule has 4 aromatic rings. The first-order chi connectivity index (χ1) is 31.6. The summed E-state index contributed by atoms with van der Waals surface area (Å²) in [5.41, 5.74) is 13.8. The molecular weight excluding hydrogens is 913 g/mol. The SMILES string of the molecule is CC(C)c1cc(C(=N)N(C(=N)C(=O)NCC(F)(F)F)c2ccc(CN3CCN(C(=O)CCC(=O)Nc4cccc(Sc5ncc(N6CCC(C)(N)CC6)nc5N)c4Cl)CC3)cc2)c(O)cc1O. The number of nitrogens with zero attached hydrogens (tertiary/aromatic N) is 6. The number of amidine groups is 2. The lowest BCUT2D eigenvalue weighted by Gasteiger charge is -2.37. The molecule has 6 rings (SSSR count). The summed E-state index contributed by atoms with van der Waals surface area (Å²) < 4.78 is 38.8. The van der Waals surface area contributed by atoms with E-state index < -0.39 is 36.0 Å². The molecule has 0 bridgehead atoms. The summed E-state index contributed by atoms with van der Waals surface area (Å²) >= 11 is 7.94. The van der Waals surface area contributed by atoms with Gasteiger partial charge in [-0.15, -0.1) is 0 Å². The van der Waals surface area contributed by atoms with Gasteiger partial charge >= 0.3 is 6.18 Å². The van der Waals surface area contributed by atoms with Crippen LogP contribution in [0.3, 0.4) is 0 Å². The number of rotatable bonds is 13. The summed E-state index contributed by atoms with van der Waals surface area (Å²) in [4.78, 5) is 55.4. The van der Waals surface area contributed by atoms with Crippen molar-refractivity contribution in [1.82, 2.24) is 25.1 Å². The van der Waals surface area contributed by atoms with Gasteiger partial charge in [-0.1, -0.05) is 55.4 Å². The maximum atomic E-state index is 13.2. The molecule has 0 saturated carbocycles. The molecule has 2 aliphatic heterocycles. The van der Waals surface area contributed by atoms with E-state index in [-0.39, 0.29) is 58.9 Å². The number of carbonyl (C=O) groups is 3. The largest absolute Gasteiger partial charge is 0.508 e. The highest BCUT2D eigenvalue weighted by Gasteiger charge is 2.32. The van der Waals surface area contributed by atoms with Crippen molar-refractivity contribution in [3.63, 3.8) is 0 Å². The second-order valence-corrected chi connectivity index (χ2v) is 18.5. The Morgan fingerprint density at radius 3 is 2.28 bits per heavy atom. The van der Waals surface area contributed by atoms with Crippen LogP contribution in [0.4, 0.5) is 36.2 Å². The van der Waals surface area contributed by atoms with Crippen molar-refractivity contribution in [3.05, 3.63) is 82.5 Å². The first kappa shape index (κ1) is 50.3. The predicted molar refractivity (Wildman–Crippen MR) is 252 cm³/mol. The number of benzene rings is 3. The van der Waals surface area contributed by atoms with E-state index in [1.807, 2.05) is 6.92 Å². The monoisotopic (exact) mass is 966 g/mol. The van der Waals surface area contributed by atoms with Crippen molar-refractivity contribution in [3.8, 4) is 11.5 Å². The van der Waals surface area contributed by atoms with Crippen molar-refractivity contribution >= 4 is 75.8 Å². The molecule has 358 valence electrons. The van der Waals surface area contributed by atoms with E-state index >= 15 is 0 Å². The average Bonchev–Trinajstić information content (AvgIpc) is 3.27. The molecule has 2 fully saturated rings. The highest BCUT2D eigenvalue weighted by molar-refractivity contribution is 7.99. The molecule has 17 nitrogen and oxygen atoms in total. The van der Waals surface area contributed by atoms with Crippen LogP contribution >= 0.6 is 23.4 Å². The molecule has 10 N–H and O–H groups in total. The molecule has 67 heavy (non-hydrogen) atoms. The molecule has 0 radical (unpaired) electrons. The second kappa shape index (κ2) is 21.2. The van der Waals surface area contributed by atoms with Crippen LogP contribution in [0.1, 0.15) is 69.1 Å².